The lowest BCUT2D eigenvalue weighted by Crippen LogP contribution is -2.41. The Balaban J connectivity index is 1.77. The second-order valence-electron chi connectivity index (χ2n) is 6.18. The van der Waals surface area contributed by atoms with E-state index in [-0.39, 0.29) is 13.0 Å². The number of aromatic amines is 1. The van der Waals surface area contributed by atoms with Crippen molar-refractivity contribution in [2.75, 3.05) is 20.2 Å². The van der Waals surface area contributed by atoms with Gasteiger partial charge in [-0.1, -0.05) is 6.07 Å². The lowest BCUT2D eigenvalue weighted by atomic mass is 9.97. The summed E-state index contributed by atoms with van der Waals surface area (Å²) in [5, 5.41) is 0.914. The van der Waals surface area contributed by atoms with Crippen LogP contribution in [0.1, 0.15) is 28.8 Å². The molecule has 7 heteroatoms. The SMILES string of the molecule is COC(=O)c1ccc2c(CN3CCCC(C(F)(F)F)C3)c[nH]c2c1. The quantitative estimate of drug-likeness (QED) is 0.866. The van der Waals surface area contributed by atoms with E-state index in [9.17, 15) is 18.0 Å². The lowest BCUT2D eigenvalue weighted by molar-refractivity contribution is -0.187. The van der Waals surface area contributed by atoms with Gasteiger partial charge in [0.2, 0.25) is 0 Å². The summed E-state index contributed by atoms with van der Waals surface area (Å²) < 4.78 is 43.5. The molecule has 2 aromatic rings. The molecule has 0 radical (unpaired) electrons. The highest BCUT2D eigenvalue weighted by Gasteiger charge is 2.41. The van der Waals surface area contributed by atoms with Crippen molar-refractivity contribution in [3.63, 3.8) is 0 Å². The molecule has 2 heterocycles. The minimum atomic E-state index is -4.13. The molecule has 0 aliphatic carbocycles. The number of esters is 1. The number of nitrogens with one attached hydrogen (secondary N) is 1. The van der Waals surface area contributed by atoms with Gasteiger partial charge in [-0.3, -0.25) is 4.90 Å². The summed E-state index contributed by atoms with van der Waals surface area (Å²) in [6.45, 7) is 1.17. The van der Waals surface area contributed by atoms with Crippen molar-refractivity contribution in [3.05, 3.63) is 35.5 Å². The third kappa shape index (κ3) is 3.40. The number of halogens is 3. The van der Waals surface area contributed by atoms with E-state index < -0.39 is 18.1 Å². The average Bonchev–Trinajstić information content (AvgIpc) is 2.96. The van der Waals surface area contributed by atoms with Crippen molar-refractivity contribution >= 4 is 16.9 Å². The van der Waals surface area contributed by atoms with Crippen LogP contribution >= 0.6 is 0 Å². The number of hydrogen-bond donors (Lipinski definition) is 1. The van der Waals surface area contributed by atoms with E-state index in [0.29, 0.717) is 25.1 Å². The summed E-state index contributed by atoms with van der Waals surface area (Å²) in [5.41, 5.74) is 2.15. The fourth-order valence-corrected chi connectivity index (χ4v) is 3.27. The maximum Gasteiger partial charge on any atom is 0.393 e. The van der Waals surface area contributed by atoms with E-state index in [1.165, 1.54) is 7.11 Å². The van der Waals surface area contributed by atoms with E-state index in [2.05, 4.69) is 9.72 Å². The predicted octanol–water partition coefficient (Wildman–Crippen LogP) is 3.73. The van der Waals surface area contributed by atoms with Gasteiger partial charge in [-0.2, -0.15) is 13.2 Å². The highest BCUT2D eigenvalue weighted by molar-refractivity contribution is 5.95. The van der Waals surface area contributed by atoms with Crippen LogP contribution < -0.4 is 0 Å². The zero-order valence-electron chi connectivity index (χ0n) is 13.3. The summed E-state index contributed by atoms with van der Waals surface area (Å²) in [5.74, 6) is -1.67. The minimum Gasteiger partial charge on any atom is -0.465 e. The molecule has 1 fully saturated rings. The van der Waals surface area contributed by atoms with Crippen LogP contribution in [-0.4, -0.2) is 42.2 Å². The fourth-order valence-electron chi connectivity index (χ4n) is 3.27. The first kappa shape index (κ1) is 16.8. The Morgan fingerprint density at radius 2 is 2.21 bits per heavy atom. The second-order valence-corrected chi connectivity index (χ2v) is 6.18. The van der Waals surface area contributed by atoms with Gasteiger partial charge in [0.15, 0.2) is 0 Å². The molecule has 1 aromatic heterocycles. The van der Waals surface area contributed by atoms with Gasteiger partial charge < -0.3 is 9.72 Å². The number of methoxy groups -OCH3 is 1. The van der Waals surface area contributed by atoms with Crippen LogP contribution in [0.2, 0.25) is 0 Å². The van der Waals surface area contributed by atoms with Crippen LogP contribution in [0.15, 0.2) is 24.4 Å². The van der Waals surface area contributed by atoms with Gasteiger partial charge in [-0.25, -0.2) is 4.79 Å². The van der Waals surface area contributed by atoms with Gasteiger partial charge in [0.05, 0.1) is 18.6 Å². The molecule has 1 saturated heterocycles. The molecule has 4 nitrogen and oxygen atoms in total. The summed E-state index contributed by atoms with van der Waals surface area (Å²) in [7, 11) is 1.32. The molecular weight excluding hydrogens is 321 g/mol. The molecule has 0 bridgehead atoms. The number of hydrogen-bond acceptors (Lipinski definition) is 3. The van der Waals surface area contributed by atoms with E-state index in [0.717, 1.165) is 16.5 Å². The van der Waals surface area contributed by atoms with Crippen molar-refractivity contribution in [1.82, 2.24) is 9.88 Å². The van der Waals surface area contributed by atoms with Gasteiger partial charge in [0.25, 0.3) is 0 Å². The highest BCUT2D eigenvalue weighted by atomic mass is 19.4. The Labute approximate surface area is 137 Å². The molecule has 3 rings (SSSR count). The van der Waals surface area contributed by atoms with Gasteiger partial charge in [-0.15, -0.1) is 0 Å². The minimum absolute atomic E-state index is 0.0381. The normalized spacial score (nSPS) is 19.6. The number of alkyl halides is 3. The van der Waals surface area contributed by atoms with Crippen molar-refractivity contribution in [2.24, 2.45) is 5.92 Å². The number of likely N-dealkylation sites (tertiary alicyclic amines) is 1. The van der Waals surface area contributed by atoms with Crippen LogP contribution in [0.5, 0.6) is 0 Å². The van der Waals surface area contributed by atoms with Crippen LogP contribution in [0.25, 0.3) is 10.9 Å². The van der Waals surface area contributed by atoms with Gasteiger partial charge in [0, 0.05) is 30.2 Å². The van der Waals surface area contributed by atoms with Crippen LogP contribution in [0, 0.1) is 5.92 Å². The molecular formula is C17H19F3N2O2. The third-order valence-corrected chi connectivity index (χ3v) is 4.55. The Hall–Kier alpha value is -2.02. The summed E-state index contributed by atoms with van der Waals surface area (Å²) in [6.07, 6.45) is -1.58. The van der Waals surface area contributed by atoms with E-state index in [4.69, 9.17) is 0 Å². The largest absolute Gasteiger partial charge is 0.465 e. The number of aromatic nitrogens is 1. The molecule has 1 aliphatic rings. The Bertz CT molecular complexity index is 739. The number of H-pyrrole nitrogens is 1. The number of fused-ring (bicyclic) bond motifs is 1. The highest BCUT2D eigenvalue weighted by Crippen LogP contribution is 2.34. The first-order valence-electron chi connectivity index (χ1n) is 7.86. The third-order valence-electron chi connectivity index (χ3n) is 4.55. The van der Waals surface area contributed by atoms with Crippen LogP contribution in [0.4, 0.5) is 13.2 Å². The van der Waals surface area contributed by atoms with Gasteiger partial charge >= 0.3 is 12.1 Å². The smallest absolute Gasteiger partial charge is 0.393 e. The zero-order valence-corrected chi connectivity index (χ0v) is 13.3. The molecule has 1 unspecified atom stereocenters. The zero-order chi connectivity index (χ0) is 17.3. The Morgan fingerprint density at radius 3 is 2.92 bits per heavy atom. The molecule has 24 heavy (non-hydrogen) atoms. The first-order chi connectivity index (χ1) is 11.4. The number of rotatable bonds is 3. The van der Waals surface area contributed by atoms with Crippen molar-refractivity contribution in [2.45, 2.75) is 25.6 Å². The number of benzene rings is 1. The Morgan fingerprint density at radius 1 is 1.42 bits per heavy atom. The molecule has 1 N–H and O–H groups in total. The Kier molecular flexibility index (Phi) is 4.54. The number of carbonyl (C=O) groups excluding carboxylic acids is 1. The van der Waals surface area contributed by atoms with Crippen LogP contribution in [-0.2, 0) is 11.3 Å². The average molecular weight is 340 g/mol. The van der Waals surface area contributed by atoms with Gasteiger partial charge in [0.1, 0.15) is 0 Å². The van der Waals surface area contributed by atoms with Gasteiger partial charge in [-0.05, 0) is 37.1 Å². The number of nitrogens with zero attached hydrogens (tertiary/aromatic N) is 1. The maximum absolute atomic E-state index is 12.9. The second kappa shape index (κ2) is 6.47. The predicted molar refractivity (Wildman–Crippen MR) is 83.7 cm³/mol. The molecule has 1 aromatic carbocycles. The van der Waals surface area contributed by atoms with Crippen LogP contribution in [0.3, 0.4) is 0 Å². The monoisotopic (exact) mass is 340 g/mol. The summed E-state index contributed by atoms with van der Waals surface area (Å²) in [6, 6.07) is 5.16. The fraction of sp³-hybridized carbons (Fsp3) is 0.471. The van der Waals surface area contributed by atoms with Crippen molar-refractivity contribution in [1.29, 1.82) is 0 Å². The topological polar surface area (TPSA) is 45.3 Å². The number of piperidine rings is 1. The number of carbonyl (C=O) groups is 1. The lowest BCUT2D eigenvalue weighted by Gasteiger charge is -2.33. The molecule has 1 atom stereocenters. The maximum atomic E-state index is 12.9. The van der Waals surface area contributed by atoms with E-state index in [1.54, 1.807) is 24.4 Å². The molecule has 0 spiro atoms. The first-order valence-corrected chi connectivity index (χ1v) is 7.86. The molecule has 1 aliphatic heterocycles. The van der Waals surface area contributed by atoms with Crippen molar-refractivity contribution < 1.29 is 22.7 Å². The standard InChI is InChI=1S/C17H19F3N2O2/c1-24-16(23)11-4-5-14-12(8-21-15(14)7-11)9-22-6-2-3-13(10-22)17(18,19)20/h4-5,7-8,13,21H,2-3,6,9-10H2,1H3. The molecule has 0 amide bonds. The van der Waals surface area contributed by atoms with E-state index in [1.807, 2.05) is 4.90 Å². The summed E-state index contributed by atoms with van der Waals surface area (Å²) >= 11 is 0. The summed E-state index contributed by atoms with van der Waals surface area (Å²) in [4.78, 5) is 16.5. The van der Waals surface area contributed by atoms with Crippen molar-refractivity contribution in [3.8, 4) is 0 Å². The molecule has 130 valence electrons. The number of ether oxygens (including phenoxy) is 1. The molecule has 0 saturated carbocycles. The van der Waals surface area contributed by atoms with E-state index >= 15 is 0 Å².